The lowest BCUT2D eigenvalue weighted by Gasteiger charge is -2.23. The van der Waals surface area contributed by atoms with Crippen molar-refractivity contribution in [2.24, 2.45) is 0 Å². The summed E-state index contributed by atoms with van der Waals surface area (Å²) in [6, 6.07) is 16.6. The number of aliphatic hydroxyl groups excluding tert-OH is 1. The summed E-state index contributed by atoms with van der Waals surface area (Å²) in [7, 11) is 0. The second-order valence-electron chi connectivity index (χ2n) is 8.06. The molecule has 3 N–H and O–H groups in total. The molecule has 4 heteroatoms. The van der Waals surface area contributed by atoms with E-state index < -0.39 is 6.10 Å². The maximum absolute atomic E-state index is 10.2. The van der Waals surface area contributed by atoms with Gasteiger partial charge >= 0.3 is 0 Å². The van der Waals surface area contributed by atoms with E-state index in [-0.39, 0.29) is 12.1 Å². The van der Waals surface area contributed by atoms with Crippen LogP contribution in [-0.4, -0.2) is 34.9 Å². The quantitative estimate of drug-likeness (QED) is 0.563. The fraction of sp³-hybridized carbons (Fsp3) is 0.391. The van der Waals surface area contributed by atoms with E-state index >= 15 is 0 Å². The predicted molar refractivity (Wildman–Crippen MR) is 111 cm³/mol. The fourth-order valence-corrected chi connectivity index (χ4v) is 3.16. The summed E-state index contributed by atoms with van der Waals surface area (Å²) >= 11 is 0. The first-order valence-electron chi connectivity index (χ1n) is 9.61. The SMILES string of the molecule is CC(C)(C)NCC(O)COc1ccccc1CCc1cccc2[nH]ccc12. The minimum Gasteiger partial charge on any atom is -0.491 e. The Morgan fingerprint density at radius 1 is 1.00 bits per heavy atom. The summed E-state index contributed by atoms with van der Waals surface area (Å²) in [6.07, 6.45) is 3.30. The number of nitrogens with one attached hydrogen (secondary N) is 2. The van der Waals surface area contributed by atoms with Gasteiger partial charge in [0.15, 0.2) is 0 Å². The van der Waals surface area contributed by atoms with Gasteiger partial charge in [-0.3, -0.25) is 0 Å². The number of aliphatic hydroxyl groups is 1. The highest BCUT2D eigenvalue weighted by atomic mass is 16.5. The number of para-hydroxylation sites is 1. The van der Waals surface area contributed by atoms with Crippen LogP contribution in [0.5, 0.6) is 5.75 Å². The minimum atomic E-state index is -0.536. The highest BCUT2D eigenvalue weighted by Crippen LogP contribution is 2.23. The fourth-order valence-electron chi connectivity index (χ4n) is 3.16. The molecule has 0 bridgehead atoms. The van der Waals surface area contributed by atoms with Gasteiger partial charge in [-0.05, 0) is 62.9 Å². The first kappa shape index (κ1) is 19.5. The average Bonchev–Trinajstić information content (AvgIpc) is 3.12. The van der Waals surface area contributed by atoms with E-state index in [2.05, 4.69) is 61.4 Å². The number of rotatable bonds is 8. The molecule has 0 radical (unpaired) electrons. The molecule has 0 amide bonds. The molecule has 144 valence electrons. The van der Waals surface area contributed by atoms with Gasteiger partial charge in [-0.1, -0.05) is 30.3 Å². The highest BCUT2D eigenvalue weighted by Gasteiger charge is 2.13. The zero-order chi connectivity index (χ0) is 19.3. The number of hydrogen-bond acceptors (Lipinski definition) is 3. The summed E-state index contributed by atoms with van der Waals surface area (Å²) in [5.74, 6) is 0.855. The molecule has 0 saturated heterocycles. The Bertz CT molecular complexity index is 864. The largest absolute Gasteiger partial charge is 0.491 e. The van der Waals surface area contributed by atoms with Crippen molar-refractivity contribution < 1.29 is 9.84 Å². The van der Waals surface area contributed by atoms with Crippen LogP contribution in [0.1, 0.15) is 31.9 Å². The molecule has 0 aliphatic rings. The van der Waals surface area contributed by atoms with Gasteiger partial charge < -0.3 is 20.1 Å². The van der Waals surface area contributed by atoms with Crippen LogP contribution in [0, 0.1) is 0 Å². The van der Waals surface area contributed by atoms with Crippen molar-refractivity contribution in [3.63, 3.8) is 0 Å². The van der Waals surface area contributed by atoms with E-state index in [1.165, 1.54) is 22.0 Å². The maximum atomic E-state index is 10.2. The summed E-state index contributed by atoms with van der Waals surface area (Å²) in [6.45, 7) is 7.05. The first-order chi connectivity index (χ1) is 12.9. The third-order valence-corrected chi connectivity index (χ3v) is 4.62. The number of aromatic amines is 1. The van der Waals surface area contributed by atoms with Crippen molar-refractivity contribution in [3.05, 3.63) is 65.9 Å². The lowest BCUT2D eigenvalue weighted by molar-refractivity contribution is 0.0996. The molecule has 1 heterocycles. The van der Waals surface area contributed by atoms with Gasteiger partial charge in [0.2, 0.25) is 0 Å². The van der Waals surface area contributed by atoms with Crippen LogP contribution in [0.3, 0.4) is 0 Å². The standard InChI is InChI=1S/C23H30N2O2/c1-23(2,3)25-15-19(26)16-27-22-10-5-4-7-18(22)12-11-17-8-6-9-21-20(17)13-14-24-21/h4-10,13-14,19,24-26H,11-12,15-16H2,1-3H3. The molecular weight excluding hydrogens is 336 g/mol. The van der Waals surface area contributed by atoms with Crippen molar-refractivity contribution >= 4 is 10.9 Å². The molecule has 0 spiro atoms. The maximum Gasteiger partial charge on any atom is 0.122 e. The molecule has 1 atom stereocenters. The second kappa shape index (κ2) is 8.59. The van der Waals surface area contributed by atoms with Gasteiger partial charge in [-0.15, -0.1) is 0 Å². The number of β-amino-alcohol motifs (C(OH)–C–C–N with tert-alkyl or cyclic N) is 1. The van der Waals surface area contributed by atoms with E-state index in [0.717, 1.165) is 18.6 Å². The van der Waals surface area contributed by atoms with Crippen molar-refractivity contribution in [3.8, 4) is 5.75 Å². The zero-order valence-corrected chi connectivity index (χ0v) is 16.5. The molecule has 0 saturated carbocycles. The number of H-pyrrole nitrogens is 1. The molecule has 0 aliphatic heterocycles. The Kier molecular flexibility index (Phi) is 6.19. The molecule has 1 unspecified atom stereocenters. The van der Waals surface area contributed by atoms with Crippen LogP contribution >= 0.6 is 0 Å². The van der Waals surface area contributed by atoms with E-state index in [1.54, 1.807) is 0 Å². The van der Waals surface area contributed by atoms with Crippen LogP contribution in [0.4, 0.5) is 0 Å². The number of benzene rings is 2. The van der Waals surface area contributed by atoms with E-state index in [9.17, 15) is 5.11 Å². The molecular formula is C23H30N2O2. The van der Waals surface area contributed by atoms with Crippen LogP contribution in [-0.2, 0) is 12.8 Å². The lowest BCUT2D eigenvalue weighted by Crippen LogP contribution is -2.42. The molecule has 0 fully saturated rings. The normalized spacial score (nSPS) is 13.0. The summed E-state index contributed by atoms with van der Waals surface area (Å²) in [5, 5.41) is 14.8. The minimum absolute atomic E-state index is 0.0157. The Labute approximate surface area is 161 Å². The van der Waals surface area contributed by atoms with E-state index in [0.29, 0.717) is 6.54 Å². The number of fused-ring (bicyclic) bond motifs is 1. The highest BCUT2D eigenvalue weighted by molar-refractivity contribution is 5.82. The molecule has 0 aliphatic carbocycles. The molecule has 4 nitrogen and oxygen atoms in total. The monoisotopic (exact) mass is 366 g/mol. The number of hydrogen-bond donors (Lipinski definition) is 3. The molecule has 1 aromatic heterocycles. The lowest BCUT2D eigenvalue weighted by atomic mass is 10.0. The third kappa shape index (κ3) is 5.59. The molecule has 2 aromatic carbocycles. The van der Waals surface area contributed by atoms with Crippen molar-refractivity contribution in [2.45, 2.75) is 45.3 Å². The number of ether oxygens (including phenoxy) is 1. The smallest absolute Gasteiger partial charge is 0.122 e. The van der Waals surface area contributed by atoms with Crippen LogP contribution in [0.25, 0.3) is 10.9 Å². The van der Waals surface area contributed by atoms with Crippen LogP contribution in [0.2, 0.25) is 0 Å². The van der Waals surface area contributed by atoms with E-state index in [4.69, 9.17) is 4.74 Å². The Hall–Kier alpha value is -2.30. The third-order valence-electron chi connectivity index (χ3n) is 4.62. The summed E-state index contributed by atoms with van der Waals surface area (Å²) in [4.78, 5) is 3.27. The van der Waals surface area contributed by atoms with Gasteiger partial charge in [-0.2, -0.15) is 0 Å². The number of aromatic nitrogens is 1. The number of aryl methyl sites for hydroxylation is 2. The van der Waals surface area contributed by atoms with Crippen molar-refractivity contribution in [1.82, 2.24) is 10.3 Å². The summed E-state index contributed by atoms with van der Waals surface area (Å²) in [5.41, 5.74) is 3.66. The Morgan fingerprint density at radius 2 is 1.74 bits per heavy atom. The molecule has 3 rings (SSSR count). The predicted octanol–water partition coefficient (Wildman–Crippen LogP) is 4.08. The second-order valence-corrected chi connectivity index (χ2v) is 8.06. The summed E-state index contributed by atoms with van der Waals surface area (Å²) < 4.78 is 5.93. The van der Waals surface area contributed by atoms with Crippen molar-refractivity contribution in [2.75, 3.05) is 13.2 Å². The molecule has 27 heavy (non-hydrogen) atoms. The van der Waals surface area contributed by atoms with Gasteiger partial charge in [-0.25, -0.2) is 0 Å². The Balaban J connectivity index is 1.60. The average molecular weight is 367 g/mol. The van der Waals surface area contributed by atoms with Crippen LogP contribution in [0.15, 0.2) is 54.7 Å². The Morgan fingerprint density at radius 3 is 2.56 bits per heavy atom. The topological polar surface area (TPSA) is 57.3 Å². The molecule has 3 aromatic rings. The van der Waals surface area contributed by atoms with E-state index in [1.807, 2.05) is 24.4 Å². The van der Waals surface area contributed by atoms with Gasteiger partial charge in [0.05, 0.1) is 0 Å². The van der Waals surface area contributed by atoms with Gasteiger partial charge in [0.1, 0.15) is 18.5 Å². The van der Waals surface area contributed by atoms with Crippen LogP contribution < -0.4 is 10.1 Å². The first-order valence-corrected chi connectivity index (χ1v) is 9.61. The van der Waals surface area contributed by atoms with Gasteiger partial charge in [0.25, 0.3) is 0 Å². The van der Waals surface area contributed by atoms with Gasteiger partial charge in [0, 0.05) is 29.2 Å². The zero-order valence-electron chi connectivity index (χ0n) is 16.5. The van der Waals surface area contributed by atoms with Crippen molar-refractivity contribution in [1.29, 1.82) is 0 Å².